The van der Waals surface area contributed by atoms with E-state index in [-0.39, 0.29) is 6.42 Å². The molecule has 4 atom stereocenters. The van der Waals surface area contributed by atoms with Gasteiger partial charge < -0.3 is 20.1 Å². The number of rotatable bonds is 2. The third kappa shape index (κ3) is 1.94. The van der Waals surface area contributed by atoms with E-state index in [1.807, 2.05) is 0 Å². The molecule has 0 saturated carbocycles. The van der Waals surface area contributed by atoms with Crippen LogP contribution in [0.15, 0.2) is 18.6 Å². The highest BCUT2D eigenvalue weighted by atomic mass is 19.1. The van der Waals surface area contributed by atoms with Crippen molar-refractivity contribution in [2.75, 3.05) is 5.73 Å². The smallest absolute Gasteiger partial charge is 0.169 e. The van der Waals surface area contributed by atoms with Crippen LogP contribution in [0.3, 0.4) is 0 Å². The quantitative estimate of drug-likeness (QED) is 0.868. The van der Waals surface area contributed by atoms with Gasteiger partial charge in [0.05, 0.1) is 17.6 Å². The number of nitrogens with two attached hydrogens (primary N) is 1. The first kappa shape index (κ1) is 13.3. The summed E-state index contributed by atoms with van der Waals surface area (Å²) in [6, 6.07) is 1.74. The Kier molecular flexibility index (Phi) is 2.91. The van der Waals surface area contributed by atoms with Crippen LogP contribution in [0.1, 0.15) is 26.5 Å². The van der Waals surface area contributed by atoms with Gasteiger partial charge in [-0.25, -0.2) is 14.4 Å². The molecule has 2 aromatic heterocycles. The summed E-state index contributed by atoms with van der Waals surface area (Å²) in [6.07, 6.45) is 1.06. The van der Waals surface area contributed by atoms with Gasteiger partial charge in [-0.3, -0.25) is 0 Å². The SMILES string of the molecule is CC(O)[C@@H]1C[C@@](C)(F)[C@H](n2ccc3c(N)ncnc32)O1. The van der Waals surface area contributed by atoms with Crippen molar-refractivity contribution in [3.63, 3.8) is 0 Å². The van der Waals surface area contributed by atoms with Crippen molar-refractivity contribution in [3.8, 4) is 0 Å². The van der Waals surface area contributed by atoms with Gasteiger partial charge in [0.1, 0.15) is 17.8 Å². The Morgan fingerprint density at radius 3 is 3.00 bits per heavy atom. The molecule has 1 fully saturated rings. The van der Waals surface area contributed by atoms with Crippen LogP contribution in [0.4, 0.5) is 10.2 Å². The summed E-state index contributed by atoms with van der Waals surface area (Å²) in [5.74, 6) is 0.347. The molecule has 108 valence electrons. The highest BCUT2D eigenvalue weighted by molar-refractivity contribution is 5.86. The molecule has 1 aliphatic rings. The maximum absolute atomic E-state index is 14.7. The molecule has 0 bridgehead atoms. The fraction of sp³-hybridized carbons (Fsp3) is 0.538. The summed E-state index contributed by atoms with van der Waals surface area (Å²) >= 11 is 0. The number of hydrogen-bond donors (Lipinski definition) is 2. The predicted molar refractivity (Wildman–Crippen MR) is 71.7 cm³/mol. The minimum absolute atomic E-state index is 0.134. The fourth-order valence-corrected chi connectivity index (χ4v) is 2.67. The zero-order valence-corrected chi connectivity index (χ0v) is 11.3. The number of alkyl halides is 1. The van der Waals surface area contributed by atoms with E-state index < -0.39 is 24.1 Å². The van der Waals surface area contributed by atoms with Crippen molar-refractivity contribution in [1.82, 2.24) is 14.5 Å². The summed E-state index contributed by atoms with van der Waals surface area (Å²) in [7, 11) is 0. The summed E-state index contributed by atoms with van der Waals surface area (Å²) in [5, 5.41) is 10.3. The van der Waals surface area contributed by atoms with Crippen LogP contribution >= 0.6 is 0 Å². The third-order valence-electron chi connectivity index (χ3n) is 3.75. The number of fused-ring (bicyclic) bond motifs is 1. The van der Waals surface area contributed by atoms with Crippen molar-refractivity contribution in [2.45, 2.75) is 44.4 Å². The van der Waals surface area contributed by atoms with Gasteiger partial charge in [0.25, 0.3) is 0 Å². The maximum Gasteiger partial charge on any atom is 0.169 e. The van der Waals surface area contributed by atoms with E-state index in [9.17, 15) is 9.50 Å². The Bertz CT molecular complexity index is 640. The summed E-state index contributed by atoms with van der Waals surface area (Å²) in [4.78, 5) is 8.05. The molecular weight excluding hydrogens is 263 g/mol. The van der Waals surface area contributed by atoms with E-state index in [0.29, 0.717) is 16.9 Å². The van der Waals surface area contributed by atoms with Crippen molar-refractivity contribution in [2.24, 2.45) is 0 Å². The molecule has 0 aromatic carbocycles. The zero-order valence-electron chi connectivity index (χ0n) is 11.3. The minimum Gasteiger partial charge on any atom is -0.391 e. The van der Waals surface area contributed by atoms with Crippen LogP contribution in [0.25, 0.3) is 11.0 Å². The molecule has 3 N–H and O–H groups in total. The number of hydrogen-bond acceptors (Lipinski definition) is 5. The molecule has 0 spiro atoms. The molecule has 6 nitrogen and oxygen atoms in total. The fourth-order valence-electron chi connectivity index (χ4n) is 2.67. The topological polar surface area (TPSA) is 86.2 Å². The monoisotopic (exact) mass is 280 g/mol. The van der Waals surface area contributed by atoms with E-state index in [4.69, 9.17) is 10.5 Å². The summed E-state index contributed by atoms with van der Waals surface area (Å²) < 4.78 is 22.0. The number of halogens is 1. The molecule has 1 unspecified atom stereocenters. The van der Waals surface area contributed by atoms with E-state index >= 15 is 0 Å². The second-order valence-electron chi connectivity index (χ2n) is 5.47. The van der Waals surface area contributed by atoms with Crippen molar-refractivity contribution < 1.29 is 14.2 Å². The second-order valence-corrected chi connectivity index (χ2v) is 5.47. The Morgan fingerprint density at radius 1 is 1.60 bits per heavy atom. The molecule has 0 amide bonds. The Labute approximate surface area is 115 Å². The van der Waals surface area contributed by atoms with Gasteiger partial charge in [0, 0.05) is 12.6 Å². The minimum atomic E-state index is -1.59. The first-order valence-corrected chi connectivity index (χ1v) is 6.49. The summed E-state index contributed by atoms with van der Waals surface area (Å²) in [5.41, 5.74) is 4.71. The molecule has 1 aliphatic heterocycles. The van der Waals surface area contributed by atoms with Crippen LogP contribution in [-0.2, 0) is 4.74 Å². The number of aromatic nitrogens is 3. The maximum atomic E-state index is 14.7. The highest BCUT2D eigenvalue weighted by Crippen LogP contribution is 2.43. The lowest BCUT2D eigenvalue weighted by atomic mass is 10.00. The number of anilines is 1. The molecule has 0 aliphatic carbocycles. The normalized spacial score (nSPS) is 31.8. The van der Waals surface area contributed by atoms with Gasteiger partial charge in [-0.2, -0.15) is 0 Å². The number of aliphatic hydroxyl groups excluding tert-OH is 1. The molecule has 0 radical (unpaired) electrons. The van der Waals surface area contributed by atoms with Gasteiger partial charge in [0.15, 0.2) is 11.9 Å². The lowest BCUT2D eigenvalue weighted by Gasteiger charge is -2.23. The van der Waals surface area contributed by atoms with Gasteiger partial charge in [-0.15, -0.1) is 0 Å². The van der Waals surface area contributed by atoms with Gasteiger partial charge in [0.2, 0.25) is 0 Å². The number of nitrogens with zero attached hydrogens (tertiary/aromatic N) is 3. The van der Waals surface area contributed by atoms with Crippen molar-refractivity contribution in [3.05, 3.63) is 18.6 Å². The Hall–Kier alpha value is -1.73. The van der Waals surface area contributed by atoms with E-state index in [1.165, 1.54) is 13.3 Å². The molecule has 3 rings (SSSR count). The van der Waals surface area contributed by atoms with Gasteiger partial charge in [-0.05, 0) is 19.9 Å². The van der Waals surface area contributed by atoms with E-state index in [2.05, 4.69) is 9.97 Å². The van der Waals surface area contributed by atoms with Crippen LogP contribution in [-0.4, -0.2) is 37.5 Å². The first-order chi connectivity index (χ1) is 9.40. The first-order valence-electron chi connectivity index (χ1n) is 6.49. The lowest BCUT2D eigenvalue weighted by molar-refractivity contribution is -0.0750. The van der Waals surface area contributed by atoms with Crippen molar-refractivity contribution >= 4 is 16.9 Å². The zero-order chi connectivity index (χ0) is 14.5. The predicted octanol–water partition coefficient (Wildman–Crippen LogP) is 1.41. The molecular formula is C13H17FN4O2. The molecule has 3 heterocycles. The van der Waals surface area contributed by atoms with E-state index in [0.717, 1.165) is 0 Å². The number of aliphatic hydroxyl groups is 1. The molecule has 2 aromatic rings. The van der Waals surface area contributed by atoms with Crippen molar-refractivity contribution in [1.29, 1.82) is 0 Å². The van der Waals surface area contributed by atoms with E-state index in [1.54, 1.807) is 23.8 Å². The van der Waals surface area contributed by atoms with Crippen LogP contribution < -0.4 is 5.73 Å². The van der Waals surface area contributed by atoms with Crippen LogP contribution in [0.5, 0.6) is 0 Å². The Morgan fingerprint density at radius 2 is 2.35 bits per heavy atom. The van der Waals surface area contributed by atoms with Gasteiger partial charge >= 0.3 is 0 Å². The average molecular weight is 280 g/mol. The molecule has 7 heteroatoms. The van der Waals surface area contributed by atoms with Gasteiger partial charge in [-0.1, -0.05) is 0 Å². The largest absolute Gasteiger partial charge is 0.391 e. The second kappa shape index (κ2) is 4.39. The number of ether oxygens (including phenoxy) is 1. The Balaban J connectivity index is 2.05. The third-order valence-corrected chi connectivity index (χ3v) is 3.75. The van der Waals surface area contributed by atoms with Crippen LogP contribution in [0, 0.1) is 0 Å². The molecule has 20 heavy (non-hydrogen) atoms. The standard InChI is InChI=1S/C13H17FN4O2/c1-7(19)9-5-13(2,14)12(20-9)18-4-3-8-10(15)16-6-17-11(8)18/h3-4,6-7,9,12,19H,5H2,1-2H3,(H2,15,16,17)/t7?,9-,12+,13+/m0/s1. The summed E-state index contributed by atoms with van der Waals surface area (Å²) in [6.45, 7) is 3.06. The lowest BCUT2D eigenvalue weighted by Crippen LogP contribution is -2.27. The number of nitrogen functional groups attached to an aromatic ring is 1. The van der Waals surface area contributed by atoms with Crippen LogP contribution in [0.2, 0.25) is 0 Å². The average Bonchev–Trinajstić information content (AvgIpc) is 2.90. The highest BCUT2D eigenvalue weighted by Gasteiger charge is 2.48. The molecule has 1 saturated heterocycles.